The maximum absolute atomic E-state index is 11.4. The molecule has 88 valence electrons. The van der Waals surface area contributed by atoms with Gasteiger partial charge in [-0.25, -0.2) is 4.98 Å². The molecule has 0 aliphatic carbocycles. The average molecular weight is 252 g/mol. The summed E-state index contributed by atoms with van der Waals surface area (Å²) in [6.45, 7) is -0.0962. The Hall–Kier alpha value is -2.01. The third-order valence-electron chi connectivity index (χ3n) is 1.92. The van der Waals surface area contributed by atoms with Gasteiger partial charge in [0.05, 0.1) is 0 Å². The van der Waals surface area contributed by atoms with E-state index in [1.54, 1.807) is 36.7 Å². The molecular weight excluding hydrogens is 242 g/mol. The van der Waals surface area contributed by atoms with Crippen molar-refractivity contribution in [2.45, 2.75) is 0 Å². The number of aromatic nitrogens is 2. The van der Waals surface area contributed by atoms with Gasteiger partial charge in [0.1, 0.15) is 5.75 Å². The van der Waals surface area contributed by atoms with E-state index >= 15 is 0 Å². The molecule has 0 aliphatic rings. The summed E-state index contributed by atoms with van der Waals surface area (Å²) >= 11 is 5.78. The Labute approximate surface area is 103 Å². The van der Waals surface area contributed by atoms with Crippen molar-refractivity contribution in [1.82, 2.24) is 9.97 Å². The summed E-state index contributed by atoms with van der Waals surface area (Å²) in [6.07, 6.45) is 3.17. The third-order valence-corrected chi connectivity index (χ3v) is 2.16. The minimum atomic E-state index is -0.292. The van der Waals surface area contributed by atoms with Crippen LogP contribution >= 0.6 is 11.6 Å². The van der Waals surface area contributed by atoms with Gasteiger partial charge in [-0.05, 0) is 18.2 Å². The molecule has 0 atom stereocenters. The zero-order chi connectivity index (χ0) is 12.1. The Morgan fingerprint density at radius 2 is 2.41 bits per heavy atom. The van der Waals surface area contributed by atoms with Crippen LogP contribution in [0.4, 0.5) is 5.95 Å². The summed E-state index contributed by atoms with van der Waals surface area (Å²) in [5.74, 6) is 0.650. The van der Waals surface area contributed by atoms with Gasteiger partial charge in [0, 0.05) is 17.4 Å². The van der Waals surface area contributed by atoms with Crippen molar-refractivity contribution < 1.29 is 9.53 Å². The van der Waals surface area contributed by atoms with Gasteiger partial charge in [0.25, 0.3) is 5.91 Å². The summed E-state index contributed by atoms with van der Waals surface area (Å²) in [5.41, 5.74) is 0. The molecule has 1 amide bonds. The highest BCUT2D eigenvalue weighted by molar-refractivity contribution is 6.30. The number of aromatic amines is 1. The van der Waals surface area contributed by atoms with Crippen molar-refractivity contribution >= 4 is 23.5 Å². The lowest BCUT2D eigenvalue weighted by Crippen LogP contribution is -2.20. The first kappa shape index (κ1) is 11.5. The number of nitrogens with zero attached hydrogens (tertiary/aromatic N) is 1. The monoisotopic (exact) mass is 251 g/mol. The normalized spacial score (nSPS) is 9.94. The number of benzene rings is 1. The zero-order valence-corrected chi connectivity index (χ0v) is 9.57. The Morgan fingerprint density at radius 3 is 3.12 bits per heavy atom. The summed E-state index contributed by atoms with van der Waals surface area (Å²) in [5, 5.41) is 3.11. The Bertz CT molecular complexity index is 499. The number of hydrogen-bond donors (Lipinski definition) is 2. The molecule has 0 aliphatic heterocycles. The molecule has 2 rings (SSSR count). The molecule has 0 fully saturated rings. The molecule has 0 bridgehead atoms. The lowest BCUT2D eigenvalue weighted by Gasteiger charge is -2.05. The molecule has 17 heavy (non-hydrogen) atoms. The van der Waals surface area contributed by atoms with E-state index in [9.17, 15) is 4.79 Å². The van der Waals surface area contributed by atoms with Crippen molar-refractivity contribution in [2.75, 3.05) is 11.9 Å². The van der Waals surface area contributed by atoms with E-state index in [1.165, 1.54) is 0 Å². The third kappa shape index (κ3) is 3.49. The van der Waals surface area contributed by atoms with E-state index in [-0.39, 0.29) is 12.5 Å². The van der Waals surface area contributed by atoms with Crippen LogP contribution in [0.15, 0.2) is 36.7 Å². The van der Waals surface area contributed by atoms with E-state index in [0.717, 1.165) is 0 Å². The second-order valence-corrected chi connectivity index (χ2v) is 3.67. The lowest BCUT2D eigenvalue weighted by atomic mass is 10.3. The number of carbonyl (C=O) groups excluding carboxylic acids is 1. The van der Waals surface area contributed by atoms with Gasteiger partial charge in [-0.3, -0.25) is 10.1 Å². The molecule has 1 heterocycles. The summed E-state index contributed by atoms with van der Waals surface area (Å²) in [6, 6.07) is 6.85. The predicted molar refractivity (Wildman–Crippen MR) is 64.2 cm³/mol. The second-order valence-electron chi connectivity index (χ2n) is 3.23. The fourth-order valence-electron chi connectivity index (χ4n) is 1.21. The molecule has 0 saturated heterocycles. The summed E-state index contributed by atoms with van der Waals surface area (Å²) in [4.78, 5) is 18.1. The number of ether oxygens (including phenoxy) is 1. The zero-order valence-electron chi connectivity index (χ0n) is 8.81. The number of rotatable bonds is 4. The van der Waals surface area contributed by atoms with Crippen LogP contribution < -0.4 is 10.1 Å². The minimum Gasteiger partial charge on any atom is -0.484 e. The Balaban J connectivity index is 1.84. The van der Waals surface area contributed by atoms with E-state index in [0.29, 0.717) is 16.7 Å². The van der Waals surface area contributed by atoms with Crippen LogP contribution in [0.25, 0.3) is 0 Å². The molecule has 0 unspecified atom stereocenters. The van der Waals surface area contributed by atoms with Gasteiger partial charge in [-0.15, -0.1) is 0 Å². The van der Waals surface area contributed by atoms with Gasteiger partial charge in [-0.2, -0.15) is 0 Å². The molecule has 0 spiro atoms. The maximum atomic E-state index is 11.4. The number of anilines is 1. The number of halogens is 1. The van der Waals surface area contributed by atoms with E-state index < -0.39 is 0 Å². The van der Waals surface area contributed by atoms with Crippen LogP contribution in [0.3, 0.4) is 0 Å². The summed E-state index contributed by atoms with van der Waals surface area (Å²) in [7, 11) is 0. The minimum absolute atomic E-state index is 0.0962. The van der Waals surface area contributed by atoms with Crippen molar-refractivity contribution in [2.24, 2.45) is 0 Å². The standard InChI is InChI=1S/C11H10ClN3O2/c12-8-2-1-3-9(6-8)17-7-10(16)15-11-13-4-5-14-11/h1-6H,7H2,(H2,13,14,15,16). The van der Waals surface area contributed by atoms with Crippen molar-refractivity contribution in [1.29, 1.82) is 0 Å². The highest BCUT2D eigenvalue weighted by Crippen LogP contribution is 2.16. The number of carbonyl (C=O) groups is 1. The van der Waals surface area contributed by atoms with Gasteiger partial charge in [0.2, 0.25) is 5.95 Å². The van der Waals surface area contributed by atoms with E-state index in [1.807, 2.05) is 0 Å². The SMILES string of the molecule is O=C(COc1cccc(Cl)c1)Nc1ncc[nH]1. The molecule has 6 heteroatoms. The fraction of sp³-hybridized carbons (Fsp3) is 0.0909. The first-order chi connectivity index (χ1) is 8.24. The number of H-pyrrole nitrogens is 1. The Morgan fingerprint density at radius 1 is 1.53 bits per heavy atom. The van der Waals surface area contributed by atoms with Crippen LogP contribution in [0.2, 0.25) is 5.02 Å². The quantitative estimate of drug-likeness (QED) is 0.874. The van der Waals surface area contributed by atoms with Crippen LogP contribution in [-0.2, 0) is 4.79 Å². The van der Waals surface area contributed by atoms with Crippen molar-refractivity contribution in [3.8, 4) is 5.75 Å². The lowest BCUT2D eigenvalue weighted by molar-refractivity contribution is -0.118. The fourth-order valence-corrected chi connectivity index (χ4v) is 1.39. The molecular formula is C11H10ClN3O2. The number of imidazole rings is 1. The smallest absolute Gasteiger partial charge is 0.264 e. The maximum Gasteiger partial charge on any atom is 0.264 e. The average Bonchev–Trinajstić information content (AvgIpc) is 2.79. The second kappa shape index (κ2) is 5.36. The van der Waals surface area contributed by atoms with E-state index in [2.05, 4.69) is 15.3 Å². The number of hydrogen-bond acceptors (Lipinski definition) is 3. The van der Waals surface area contributed by atoms with Crippen LogP contribution in [0, 0.1) is 0 Å². The molecule has 0 saturated carbocycles. The molecule has 1 aromatic carbocycles. The molecule has 1 aromatic heterocycles. The molecule has 0 radical (unpaired) electrons. The first-order valence-electron chi connectivity index (χ1n) is 4.91. The van der Waals surface area contributed by atoms with Gasteiger partial charge in [0.15, 0.2) is 6.61 Å². The topological polar surface area (TPSA) is 67.0 Å². The van der Waals surface area contributed by atoms with Crippen LogP contribution in [-0.4, -0.2) is 22.5 Å². The van der Waals surface area contributed by atoms with Gasteiger partial charge in [-0.1, -0.05) is 17.7 Å². The Kier molecular flexibility index (Phi) is 3.62. The molecule has 5 nitrogen and oxygen atoms in total. The summed E-state index contributed by atoms with van der Waals surface area (Å²) < 4.78 is 5.26. The highest BCUT2D eigenvalue weighted by atomic mass is 35.5. The van der Waals surface area contributed by atoms with Gasteiger partial charge >= 0.3 is 0 Å². The van der Waals surface area contributed by atoms with Crippen molar-refractivity contribution in [3.63, 3.8) is 0 Å². The molecule has 2 aromatic rings. The van der Waals surface area contributed by atoms with Crippen LogP contribution in [0.5, 0.6) is 5.75 Å². The van der Waals surface area contributed by atoms with E-state index in [4.69, 9.17) is 16.3 Å². The van der Waals surface area contributed by atoms with Gasteiger partial charge < -0.3 is 9.72 Å². The van der Waals surface area contributed by atoms with Crippen molar-refractivity contribution in [3.05, 3.63) is 41.7 Å². The first-order valence-corrected chi connectivity index (χ1v) is 5.29. The number of nitrogens with one attached hydrogen (secondary N) is 2. The largest absolute Gasteiger partial charge is 0.484 e. The number of amides is 1. The molecule has 2 N–H and O–H groups in total. The highest BCUT2D eigenvalue weighted by Gasteiger charge is 2.04. The van der Waals surface area contributed by atoms with Crippen LogP contribution in [0.1, 0.15) is 0 Å². The predicted octanol–water partition coefficient (Wildman–Crippen LogP) is 2.08.